The van der Waals surface area contributed by atoms with E-state index in [1.165, 1.54) is 0 Å². The van der Waals surface area contributed by atoms with Crippen molar-refractivity contribution in [3.8, 4) is 0 Å². The Morgan fingerprint density at radius 2 is 1.58 bits per heavy atom. The number of hydrogen-bond acceptors (Lipinski definition) is 6. The van der Waals surface area contributed by atoms with Gasteiger partial charge in [0.2, 0.25) is 0 Å². The Morgan fingerprint density at radius 3 is 1.58 bits per heavy atom. The molecule has 1 unspecified atom stereocenters. The molecule has 0 aromatic carbocycles. The van der Waals surface area contributed by atoms with E-state index in [-0.39, 0.29) is 17.4 Å². The van der Waals surface area contributed by atoms with Gasteiger partial charge in [0.15, 0.2) is 0 Å². The van der Waals surface area contributed by atoms with Gasteiger partial charge in [-0.3, -0.25) is 0 Å². The van der Waals surface area contributed by atoms with E-state index in [2.05, 4.69) is 0 Å². The largest absolute Gasteiger partial charge is 2.00 e. The van der Waals surface area contributed by atoms with Gasteiger partial charge >= 0.3 is 17.4 Å². The van der Waals surface area contributed by atoms with E-state index in [0.29, 0.717) is 0 Å². The van der Waals surface area contributed by atoms with Crippen LogP contribution in [0.15, 0.2) is 0 Å². The Morgan fingerprint density at radius 1 is 1.42 bits per heavy atom. The Balaban J connectivity index is -0.000000126. The molecule has 7 heteroatoms. The van der Waals surface area contributed by atoms with Gasteiger partial charge in [-0.05, 0) is 6.92 Å². The summed E-state index contributed by atoms with van der Waals surface area (Å²) in [5.74, 6) is -2.87. The van der Waals surface area contributed by atoms with Crippen LogP contribution in [-0.2, 0) is 9.59 Å². The van der Waals surface area contributed by atoms with Crippen LogP contribution in [0.25, 0.3) is 0 Å². The molecular weight excluding hydrogens is 183 g/mol. The third kappa shape index (κ3) is 22.8. The van der Waals surface area contributed by atoms with E-state index >= 15 is 0 Å². The molecule has 0 aliphatic carbocycles. The maximum atomic E-state index is 9.34. The van der Waals surface area contributed by atoms with Crippen LogP contribution in [0.2, 0.25) is 0 Å². The number of hydrogen-bond donors (Lipinski definition) is 2. The number of carboxylic acid groups (broad SMARTS) is 2. The summed E-state index contributed by atoms with van der Waals surface area (Å²) in [6.45, 7) is 0.245. The Bertz CT molecular complexity index is 134. The van der Waals surface area contributed by atoms with E-state index in [9.17, 15) is 9.90 Å². The van der Waals surface area contributed by atoms with Crippen molar-refractivity contribution in [3.05, 3.63) is 0 Å². The van der Waals surface area contributed by atoms with Crippen LogP contribution in [0.1, 0.15) is 6.92 Å². The van der Waals surface area contributed by atoms with Gasteiger partial charge in [-0.1, -0.05) is 0 Å². The standard InChI is InChI=1S/C3H6O3.C2H4O3.Al/c1-2(4)3(5)6;3-1-2(4)5;/h2,4H,1H3,(H,5,6);3H,1H2,(H,4,5);/q;;+2/p-2. The van der Waals surface area contributed by atoms with E-state index in [4.69, 9.17) is 20.1 Å². The molecule has 0 saturated carbocycles. The molecule has 0 heterocycles. The summed E-state index contributed by atoms with van der Waals surface area (Å²) < 4.78 is 0. The molecule has 12 heavy (non-hydrogen) atoms. The Kier molecular flexibility index (Phi) is 15.1. The minimum atomic E-state index is -1.44. The van der Waals surface area contributed by atoms with E-state index in [1.807, 2.05) is 0 Å². The molecule has 1 radical (unpaired) electrons. The third-order valence-electron chi connectivity index (χ3n) is 0.470. The van der Waals surface area contributed by atoms with Crippen LogP contribution in [0.4, 0.5) is 0 Å². The molecule has 2 N–H and O–H groups in total. The molecule has 0 aromatic rings. The van der Waals surface area contributed by atoms with Crippen molar-refractivity contribution in [3.63, 3.8) is 0 Å². The van der Waals surface area contributed by atoms with Crippen molar-refractivity contribution in [2.75, 3.05) is 6.61 Å². The average Bonchev–Trinajstić information content (AvgIpc) is 1.89. The maximum Gasteiger partial charge on any atom is 2.00 e. The van der Waals surface area contributed by atoms with Gasteiger partial charge in [-0.15, -0.1) is 0 Å². The normalized spacial score (nSPS) is 9.92. The smallest absolute Gasteiger partial charge is 0.548 e. The summed E-state index contributed by atoms with van der Waals surface area (Å²) in [7, 11) is 0. The fourth-order valence-electron chi connectivity index (χ4n) is 0. The van der Waals surface area contributed by atoms with Crippen molar-refractivity contribution < 1.29 is 30.0 Å². The summed E-state index contributed by atoms with van der Waals surface area (Å²) in [6, 6.07) is 0. The number of carbonyl (C=O) groups excluding carboxylic acids is 2. The molecule has 1 atom stereocenters. The zero-order valence-corrected chi connectivity index (χ0v) is 7.54. The molecule has 0 aromatic heterocycles. The summed E-state index contributed by atoms with van der Waals surface area (Å²) in [5, 5.41) is 33.8. The average molecular weight is 191 g/mol. The van der Waals surface area contributed by atoms with Crippen LogP contribution >= 0.6 is 0 Å². The first-order chi connectivity index (χ1) is 4.91. The topological polar surface area (TPSA) is 121 Å². The van der Waals surface area contributed by atoms with Crippen molar-refractivity contribution in [1.29, 1.82) is 0 Å². The van der Waals surface area contributed by atoms with E-state index in [0.717, 1.165) is 6.92 Å². The molecule has 0 bridgehead atoms. The zero-order valence-electron chi connectivity index (χ0n) is 6.39. The quantitative estimate of drug-likeness (QED) is 0.424. The second kappa shape index (κ2) is 10.4. The molecule has 0 aliphatic heterocycles. The van der Waals surface area contributed by atoms with Gasteiger partial charge in [0.1, 0.15) is 0 Å². The van der Waals surface area contributed by atoms with Gasteiger partial charge < -0.3 is 30.0 Å². The molecule has 0 saturated heterocycles. The SMILES string of the molecule is CC(O)C(=O)[O-].O=C([O-])CO.[Al+2]. The molecule has 0 amide bonds. The van der Waals surface area contributed by atoms with Crippen molar-refractivity contribution in [1.82, 2.24) is 0 Å². The van der Waals surface area contributed by atoms with Gasteiger partial charge in [-0.25, -0.2) is 0 Å². The number of aliphatic carboxylic acids is 2. The first-order valence-corrected chi connectivity index (χ1v) is 2.61. The van der Waals surface area contributed by atoms with Gasteiger partial charge in [0, 0.05) is 0 Å². The van der Waals surface area contributed by atoms with Crippen LogP contribution in [0.3, 0.4) is 0 Å². The Hall–Kier alpha value is -0.608. The monoisotopic (exact) mass is 191 g/mol. The molecule has 67 valence electrons. The zero-order chi connectivity index (χ0) is 9.44. The number of aliphatic hydroxyl groups excluding tert-OH is 2. The van der Waals surface area contributed by atoms with Gasteiger partial charge in [-0.2, -0.15) is 0 Å². The number of carbonyl (C=O) groups is 2. The maximum absolute atomic E-state index is 9.34. The minimum absolute atomic E-state index is 0. The van der Waals surface area contributed by atoms with Crippen molar-refractivity contribution >= 4 is 29.3 Å². The van der Waals surface area contributed by atoms with Gasteiger partial charge in [0.25, 0.3) is 0 Å². The number of rotatable bonds is 2. The summed E-state index contributed by atoms with van der Waals surface area (Å²) in [6.07, 6.45) is -1.34. The molecule has 6 nitrogen and oxygen atoms in total. The fourth-order valence-corrected chi connectivity index (χ4v) is 0. The number of aliphatic hydroxyl groups is 2. The predicted molar refractivity (Wildman–Crippen MR) is 34.5 cm³/mol. The molecular formula is C5H8AlO6. The summed E-state index contributed by atoms with van der Waals surface area (Å²) in [5.41, 5.74) is 0. The van der Waals surface area contributed by atoms with Crippen LogP contribution < -0.4 is 10.2 Å². The molecule has 0 spiro atoms. The second-order valence-electron chi connectivity index (χ2n) is 1.53. The molecule has 0 aliphatic rings. The first kappa shape index (κ1) is 17.5. The van der Waals surface area contributed by atoms with Crippen LogP contribution in [-0.4, -0.2) is 52.2 Å². The predicted octanol–water partition coefficient (Wildman–Crippen LogP) is -4.54. The van der Waals surface area contributed by atoms with Crippen LogP contribution in [0, 0.1) is 0 Å². The summed E-state index contributed by atoms with van der Waals surface area (Å²) in [4.78, 5) is 18.3. The van der Waals surface area contributed by atoms with Crippen LogP contribution in [0.5, 0.6) is 0 Å². The van der Waals surface area contributed by atoms with Crippen molar-refractivity contribution in [2.24, 2.45) is 0 Å². The van der Waals surface area contributed by atoms with E-state index < -0.39 is 24.6 Å². The second-order valence-corrected chi connectivity index (χ2v) is 1.53. The third-order valence-corrected chi connectivity index (χ3v) is 0.470. The number of carboxylic acids is 2. The molecule has 0 fully saturated rings. The first-order valence-electron chi connectivity index (χ1n) is 2.61. The fraction of sp³-hybridized carbons (Fsp3) is 0.600. The summed E-state index contributed by atoms with van der Waals surface area (Å²) >= 11 is 0. The molecule has 0 rings (SSSR count). The Labute approximate surface area is 79.6 Å². The van der Waals surface area contributed by atoms with Crippen molar-refractivity contribution in [2.45, 2.75) is 13.0 Å². The van der Waals surface area contributed by atoms with Gasteiger partial charge in [0.05, 0.1) is 24.6 Å². The minimum Gasteiger partial charge on any atom is -0.548 e. The van der Waals surface area contributed by atoms with E-state index in [1.54, 1.807) is 0 Å².